The molecule has 8 heteroatoms. The van der Waals surface area contributed by atoms with E-state index in [9.17, 15) is 8.42 Å². The molecule has 23 heavy (non-hydrogen) atoms. The highest BCUT2D eigenvalue weighted by Gasteiger charge is 2.36. The summed E-state index contributed by atoms with van der Waals surface area (Å²) in [4.78, 5) is 2.45. The van der Waals surface area contributed by atoms with E-state index in [1.807, 2.05) is 0 Å². The number of hydrogen-bond donors (Lipinski definition) is 1. The lowest BCUT2D eigenvalue weighted by Gasteiger charge is -2.40. The van der Waals surface area contributed by atoms with Crippen LogP contribution in [0.25, 0.3) is 0 Å². The van der Waals surface area contributed by atoms with Crippen LogP contribution in [0.15, 0.2) is 0 Å². The maximum atomic E-state index is 12.8. The first-order chi connectivity index (χ1) is 10.6. The number of rotatable bonds is 4. The van der Waals surface area contributed by atoms with Gasteiger partial charge in [-0.3, -0.25) is 4.90 Å². The normalized spacial score (nSPS) is 28.9. The molecule has 0 amide bonds. The molecule has 1 saturated carbocycles. The van der Waals surface area contributed by atoms with Crippen LogP contribution in [0.2, 0.25) is 0 Å². The Labute approximate surface area is 147 Å². The Kier molecular flexibility index (Phi) is 7.13. The second kappa shape index (κ2) is 8.45. The Morgan fingerprint density at radius 3 is 2.22 bits per heavy atom. The van der Waals surface area contributed by atoms with Crippen molar-refractivity contribution in [2.75, 3.05) is 46.3 Å². The highest BCUT2D eigenvalue weighted by Crippen LogP contribution is 2.25. The van der Waals surface area contributed by atoms with E-state index in [1.54, 1.807) is 15.7 Å². The van der Waals surface area contributed by atoms with E-state index >= 15 is 0 Å². The van der Waals surface area contributed by atoms with Crippen LogP contribution in [0.5, 0.6) is 0 Å². The monoisotopic (exact) mass is 366 g/mol. The molecule has 0 radical (unpaired) electrons. The van der Waals surface area contributed by atoms with Gasteiger partial charge in [-0.15, -0.1) is 12.4 Å². The van der Waals surface area contributed by atoms with Crippen LogP contribution in [-0.2, 0) is 10.2 Å². The zero-order valence-electron chi connectivity index (χ0n) is 14.1. The first-order valence-electron chi connectivity index (χ1n) is 8.77. The van der Waals surface area contributed by atoms with Crippen molar-refractivity contribution in [3.8, 4) is 0 Å². The van der Waals surface area contributed by atoms with Crippen molar-refractivity contribution in [2.24, 2.45) is 0 Å². The summed E-state index contributed by atoms with van der Waals surface area (Å²) in [6, 6.07) is 0.803. The van der Waals surface area contributed by atoms with Gasteiger partial charge in [0.1, 0.15) is 0 Å². The van der Waals surface area contributed by atoms with Crippen molar-refractivity contribution in [1.82, 2.24) is 18.8 Å². The molecule has 3 fully saturated rings. The van der Waals surface area contributed by atoms with Crippen molar-refractivity contribution in [2.45, 2.75) is 50.6 Å². The van der Waals surface area contributed by atoms with E-state index in [2.05, 4.69) is 10.2 Å². The molecule has 6 nitrogen and oxygen atoms in total. The average Bonchev–Trinajstić information content (AvgIpc) is 3.09. The van der Waals surface area contributed by atoms with Gasteiger partial charge in [0.05, 0.1) is 0 Å². The molecule has 2 heterocycles. The van der Waals surface area contributed by atoms with Crippen LogP contribution in [0.1, 0.15) is 38.5 Å². The second-order valence-electron chi connectivity index (χ2n) is 6.90. The van der Waals surface area contributed by atoms with E-state index < -0.39 is 10.2 Å². The SMILES string of the molecule is CN(C1CCCCC1)S(=O)(=O)N1CCN(C2CCNC2)CC1.Cl. The summed E-state index contributed by atoms with van der Waals surface area (Å²) in [6.45, 7) is 5.14. The fourth-order valence-corrected chi connectivity index (χ4v) is 5.64. The summed E-state index contributed by atoms with van der Waals surface area (Å²) in [5.41, 5.74) is 0. The fraction of sp³-hybridized carbons (Fsp3) is 1.00. The summed E-state index contributed by atoms with van der Waals surface area (Å²) in [7, 11) is -1.51. The molecule has 136 valence electrons. The minimum Gasteiger partial charge on any atom is -0.315 e. The summed E-state index contributed by atoms with van der Waals surface area (Å²) in [5, 5.41) is 3.39. The molecule has 0 aromatic rings. The third kappa shape index (κ3) is 4.38. The predicted molar refractivity (Wildman–Crippen MR) is 95.2 cm³/mol. The maximum absolute atomic E-state index is 12.8. The lowest BCUT2D eigenvalue weighted by atomic mass is 9.96. The molecule has 0 aromatic carbocycles. The lowest BCUT2D eigenvalue weighted by Crippen LogP contribution is -2.56. The van der Waals surface area contributed by atoms with Crippen LogP contribution in [-0.4, -0.2) is 80.3 Å². The van der Waals surface area contributed by atoms with Crippen LogP contribution in [0.3, 0.4) is 0 Å². The molecule has 0 spiro atoms. The summed E-state index contributed by atoms with van der Waals surface area (Å²) < 4.78 is 29.0. The van der Waals surface area contributed by atoms with Crippen LogP contribution in [0, 0.1) is 0 Å². The van der Waals surface area contributed by atoms with Gasteiger partial charge >= 0.3 is 0 Å². The molecule has 1 atom stereocenters. The number of nitrogens with one attached hydrogen (secondary N) is 1. The molecule has 0 bridgehead atoms. The largest absolute Gasteiger partial charge is 0.315 e. The molecule has 1 unspecified atom stereocenters. The molecule has 2 saturated heterocycles. The Morgan fingerprint density at radius 2 is 1.65 bits per heavy atom. The first kappa shape index (κ1) is 19.4. The summed E-state index contributed by atoms with van der Waals surface area (Å²) in [6.07, 6.45) is 6.79. The quantitative estimate of drug-likeness (QED) is 0.803. The number of hydrogen-bond acceptors (Lipinski definition) is 4. The molecule has 1 aliphatic carbocycles. The van der Waals surface area contributed by atoms with E-state index in [0.29, 0.717) is 19.1 Å². The van der Waals surface area contributed by atoms with Gasteiger partial charge in [0.25, 0.3) is 10.2 Å². The zero-order valence-corrected chi connectivity index (χ0v) is 15.7. The molecule has 1 N–H and O–H groups in total. The maximum Gasteiger partial charge on any atom is 0.282 e. The third-order valence-electron chi connectivity index (χ3n) is 5.60. The zero-order chi connectivity index (χ0) is 15.6. The Hall–Kier alpha value is 0.0800. The topological polar surface area (TPSA) is 55.9 Å². The van der Waals surface area contributed by atoms with E-state index in [-0.39, 0.29) is 18.4 Å². The second-order valence-corrected chi connectivity index (χ2v) is 8.89. The average molecular weight is 367 g/mol. The van der Waals surface area contributed by atoms with Gasteiger partial charge in [0.15, 0.2) is 0 Å². The van der Waals surface area contributed by atoms with Crippen LogP contribution < -0.4 is 5.32 Å². The van der Waals surface area contributed by atoms with Crippen molar-refractivity contribution in [1.29, 1.82) is 0 Å². The summed E-state index contributed by atoms with van der Waals surface area (Å²) in [5.74, 6) is 0. The molecule has 3 aliphatic rings. The number of nitrogens with zero attached hydrogens (tertiary/aromatic N) is 3. The van der Waals surface area contributed by atoms with Gasteiger partial charge in [-0.25, -0.2) is 0 Å². The number of piperazine rings is 1. The summed E-state index contributed by atoms with van der Waals surface area (Å²) >= 11 is 0. The standard InChI is InChI=1S/C15H30N4O2S.ClH/c1-17(14-5-3-2-4-6-14)22(20,21)19-11-9-18(10-12-19)15-7-8-16-13-15;/h14-16H,2-13H2,1H3;1H. The Morgan fingerprint density at radius 1 is 1.00 bits per heavy atom. The lowest BCUT2D eigenvalue weighted by molar-refractivity contribution is 0.139. The highest BCUT2D eigenvalue weighted by atomic mass is 35.5. The van der Waals surface area contributed by atoms with Gasteiger partial charge in [-0.2, -0.15) is 17.0 Å². The van der Waals surface area contributed by atoms with Gasteiger partial charge in [0, 0.05) is 51.9 Å². The van der Waals surface area contributed by atoms with Gasteiger partial charge in [-0.1, -0.05) is 19.3 Å². The van der Waals surface area contributed by atoms with Crippen LogP contribution >= 0.6 is 12.4 Å². The minimum absolute atomic E-state index is 0. The first-order valence-corrected chi connectivity index (χ1v) is 10.2. The molecular weight excluding hydrogens is 336 g/mol. The van der Waals surface area contributed by atoms with E-state index in [0.717, 1.165) is 51.9 Å². The van der Waals surface area contributed by atoms with Crippen LogP contribution in [0.4, 0.5) is 0 Å². The molecule has 0 aromatic heterocycles. The molecular formula is C15H31ClN4O2S. The highest BCUT2D eigenvalue weighted by molar-refractivity contribution is 7.86. The van der Waals surface area contributed by atoms with E-state index in [4.69, 9.17) is 0 Å². The minimum atomic E-state index is -3.28. The van der Waals surface area contributed by atoms with Crippen molar-refractivity contribution < 1.29 is 8.42 Å². The number of halogens is 1. The Balaban J connectivity index is 0.00000192. The van der Waals surface area contributed by atoms with Crippen molar-refractivity contribution in [3.63, 3.8) is 0 Å². The van der Waals surface area contributed by atoms with Gasteiger partial charge in [0.2, 0.25) is 0 Å². The van der Waals surface area contributed by atoms with Gasteiger partial charge in [-0.05, 0) is 25.8 Å². The third-order valence-corrected chi connectivity index (χ3v) is 7.65. The van der Waals surface area contributed by atoms with E-state index in [1.165, 1.54) is 12.8 Å². The fourth-order valence-electron chi connectivity index (χ4n) is 4.07. The van der Waals surface area contributed by atoms with Gasteiger partial charge < -0.3 is 5.32 Å². The Bertz CT molecular complexity index is 456. The van der Waals surface area contributed by atoms with Crippen molar-refractivity contribution in [3.05, 3.63) is 0 Å². The van der Waals surface area contributed by atoms with Crippen molar-refractivity contribution >= 4 is 22.6 Å². The molecule has 2 aliphatic heterocycles. The smallest absolute Gasteiger partial charge is 0.282 e. The molecule has 3 rings (SSSR count). The predicted octanol–water partition coefficient (Wildman–Crippen LogP) is 0.897.